The van der Waals surface area contributed by atoms with E-state index in [9.17, 15) is 8.42 Å². The van der Waals surface area contributed by atoms with Crippen molar-refractivity contribution in [1.29, 1.82) is 0 Å². The molecule has 0 N–H and O–H groups in total. The van der Waals surface area contributed by atoms with Gasteiger partial charge in [0.05, 0.1) is 17.1 Å². The van der Waals surface area contributed by atoms with E-state index >= 15 is 0 Å². The molecule has 102 valence electrons. The first-order valence-electron chi connectivity index (χ1n) is 5.47. The molecule has 18 heavy (non-hydrogen) atoms. The SMILES string of the molecule is COC(C)(C)CCOc1ccc(S(=O)(=O)Cl)cc1. The summed E-state index contributed by atoms with van der Waals surface area (Å²) in [6, 6.07) is 5.99. The number of benzene rings is 1. The average molecular weight is 293 g/mol. The molecule has 0 atom stereocenters. The number of ether oxygens (including phenoxy) is 2. The zero-order chi connectivity index (χ0) is 13.8. The van der Waals surface area contributed by atoms with Crippen molar-refractivity contribution in [2.24, 2.45) is 0 Å². The second kappa shape index (κ2) is 5.91. The lowest BCUT2D eigenvalue weighted by molar-refractivity contribution is 0.00545. The lowest BCUT2D eigenvalue weighted by Crippen LogP contribution is -2.25. The van der Waals surface area contributed by atoms with E-state index in [0.717, 1.165) is 6.42 Å². The average Bonchev–Trinajstić information content (AvgIpc) is 2.28. The Balaban J connectivity index is 2.55. The van der Waals surface area contributed by atoms with Crippen molar-refractivity contribution in [1.82, 2.24) is 0 Å². The Bertz CT molecular complexity index is 479. The second-order valence-electron chi connectivity index (χ2n) is 4.47. The number of halogens is 1. The standard InChI is InChI=1S/C12H17ClO4S/c1-12(2,16-3)8-9-17-10-4-6-11(7-5-10)18(13,14)15/h4-7H,8-9H2,1-3H3. The van der Waals surface area contributed by atoms with Crippen LogP contribution in [0.25, 0.3) is 0 Å². The van der Waals surface area contributed by atoms with E-state index in [1.807, 2.05) is 13.8 Å². The zero-order valence-corrected chi connectivity index (χ0v) is 12.2. The zero-order valence-electron chi connectivity index (χ0n) is 10.6. The van der Waals surface area contributed by atoms with Gasteiger partial charge in [0.1, 0.15) is 5.75 Å². The van der Waals surface area contributed by atoms with Crippen LogP contribution in [0.3, 0.4) is 0 Å². The van der Waals surface area contributed by atoms with Crippen molar-refractivity contribution >= 4 is 19.7 Å². The predicted octanol–water partition coefficient (Wildman–Crippen LogP) is 2.81. The van der Waals surface area contributed by atoms with Crippen molar-refractivity contribution in [3.63, 3.8) is 0 Å². The third kappa shape index (κ3) is 4.84. The first-order valence-corrected chi connectivity index (χ1v) is 7.78. The molecule has 0 aliphatic carbocycles. The Labute approximate surface area is 112 Å². The topological polar surface area (TPSA) is 52.6 Å². The molecule has 0 aromatic heterocycles. The maximum Gasteiger partial charge on any atom is 0.261 e. The molecule has 0 spiro atoms. The van der Waals surface area contributed by atoms with E-state index in [1.54, 1.807) is 19.2 Å². The number of rotatable bonds is 6. The van der Waals surface area contributed by atoms with Crippen molar-refractivity contribution in [2.45, 2.75) is 30.8 Å². The Morgan fingerprint density at radius 2 is 1.78 bits per heavy atom. The first kappa shape index (κ1) is 15.3. The lowest BCUT2D eigenvalue weighted by Gasteiger charge is -2.22. The molecule has 0 saturated heterocycles. The summed E-state index contributed by atoms with van der Waals surface area (Å²) in [7, 11) is 3.19. The molecule has 4 nitrogen and oxygen atoms in total. The molecule has 0 fully saturated rings. The van der Waals surface area contributed by atoms with Gasteiger partial charge in [-0.05, 0) is 38.1 Å². The molecule has 1 rings (SSSR count). The molecule has 0 radical (unpaired) electrons. The second-order valence-corrected chi connectivity index (χ2v) is 7.04. The third-order valence-corrected chi connectivity index (χ3v) is 4.00. The minimum Gasteiger partial charge on any atom is -0.493 e. The summed E-state index contributed by atoms with van der Waals surface area (Å²) in [6.45, 7) is 4.44. The van der Waals surface area contributed by atoms with Crippen LogP contribution >= 0.6 is 10.7 Å². The highest BCUT2D eigenvalue weighted by Gasteiger charge is 2.16. The van der Waals surface area contributed by atoms with Crippen molar-refractivity contribution in [3.8, 4) is 5.75 Å². The molecule has 0 bridgehead atoms. The highest BCUT2D eigenvalue weighted by molar-refractivity contribution is 8.13. The summed E-state index contributed by atoms with van der Waals surface area (Å²) < 4.78 is 32.8. The largest absolute Gasteiger partial charge is 0.493 e. The van der Waals surface area contributed by atoms with Gasteiger partial charge in [-0.1, -0.05) is 0 Å². The normalized spacial score (nSPS) is 12.4. The molecule has 1 aromatic carbocycles. The summed E-state index contributed by atoms with van der Waals surface area (Å²) >= 11 is 0. The molecule has 0 unspecified atom stereocenters. The van der Waals surface area contributed by atoms with Gasteiger partial charge in [0.15, 0.2) is 0 Å². The van der Waals surface area contributed by atoms with E-state index < -0.39 is 9.05 Å². The van der Waals surface area contributed by atoms with Gasteiger partial charge in [0.2, 0.25) is 0 Å². The van der Waals surface area contributed by atoms with E-state index in [0.29, 0.717) is 12.4 Å². The summed E-state index contributed by atoms with van der Waals surface area (Å²) in [5.41, 5.74) is -0.237. The summed E-state index contributed by atoms with van der Waals surface area (Å²) in [5, 5.41) is 0. The highest BCUT2D eigenvalue weighted by atomic mass is 35.7. The molecule has 0 saturated carbocycles. The van der Waals surface area contributed by atoms with Crippen LogP contribution in [-0.2, 0) is 13.8 Å². The Hall–Kier alpha value is -0.780. The van der Waals surface area contributed by atoms with Crippen LogP contribution in [-0.4, -0.2) is 27.7 Å². The third-order valence-electron chi connectivity index (χ3n) is 2.63. The van der Waals surface area contributed by atoms with Crippen LogP contribution in [0.1, 0.15) is 20.3 Å². The smallest absolute Gasteiger partial charge is 0.261 e. The predicted molar refractivity (Wildman–Crippen MR) is 70.7 cm³/mol. The van der Waals surface area contributed by atoms with Gasteiger partial charge in [0.25, 0.3) is 9.05 Å². The molecule has 0 aliphatic rings. The van der Waals surface area contributed by atoms with Crippen LogP contribution in [0.2, 0.25) is 0 Å². The van der Waals surface area contributed by atoms with Crippen LogP contribution < -0.4 is 4.74 Å². The Kier molecular flexibility index (Phi) is 5.01. The quantitative estimate of drug-likeness (QED) is 0.757. The van der Waals surface area contributed by atoms with Gasteiger partial charge in [-0.25, -0.2) is 8.42 Å². The lowest BCUT2D eigenvalue weighted by atomic mass is 10.1. The van der Waals surface area contributed by atoms with Gasteiger partial charge in [-0.2, -0.15) is 0 Å². The van der Waals surface area contributed by atoms with Gasteiger partial charge in [-0.3, -0.25) is 0 Å². The van der Waals surface area contributed by atoms with E-state index in [4.69, 9.17) is 20.2 Å². The molecule has 0 amide bonds. The molecule has 1 aromatic rings. The van der Waals surface area contributed by atoms with Gasteiger partial charge < -0.3 is 9.47 Å². The number of hydrogen-bond acceptors (Lipinski definition) is 4. The minimum absolute atomic E-state index is 0.0636. The Morgan fingerprint density at radius 3 is 2.22 bits per heavy atom. The fraction of sp³-hybridized carbons (Fsp3) is 0.500. The molecule has 0 heterocycles. The number of methoxy groups -OCH3 is 1. The molecule has 6 heteroatoms. The van der Waals surface area contributed by atoms with Crippen molar-refractivity contribution < 1.29 is 17.9 Å². The van der Waals surface area contributed by atoms with Crippen LogP contribution in [0.4, 0.5) is 0 Å². The summed E-state index contributed by atoms with van der Waals surface area (Å²) in [4.78, 5) is 0.0636. The van der Waals surface area contributed by atoms with Crippen LogP contribution in [0.5, 0.6) is 5.75 Å². The van der Waals surface area contributed by atoms with Crippen molar-refractivity contribution in [2.75, 3.05) is 13.7 Å². The maximum absolute atomic E-state index is 11.0. The molecular formula is C12H17ClO4S. The monoisotopic (exact) mass is 292 g/mol. The summed E-state index contributed by atoms with van der Waals surface area (Å²) in [5.74, 6) is 0.603. The van der Waals surface area contributed by atoms with Crippen LogP contribution in [0, 0.1) is 0 Å². The fourth-order valence-corrected chi connectivity index (χ4v) is 1.98. The molecule has 0 aliphatic heterocycles. The minimum atomic E-state index is -3.67. The van der Waals surface area contributed by atoms with E-state index in [1.165, 1.54) is 12.1 Å². The van der Waals surface area contributed by atoms with Gasteiger partial charge in [-0.15, -0.1) is 0 Å². The van der Waals surface area contributed by atoms with Crippen molar-refractivity contribution in [3.05, 3.63) is 24.3 Å². The number of hydrogen-bond donors (Lipinski definition) is 0. The van der Waals surface area contributed by atoms with Crippen LogP contribution in [0.15, 0.2) is 29.2 Å². The fourth-order valence-electron chi connectivity index (χ4n) is 1.22. The molecular weight excluding hydrogens is 276 g/mol. The van der Waals surface area contributed by atoms with Gasteiger partial charge in [0, 0.05) is 24.2 Å². The van der Waals surface area contributed by atoms with E-state index in [2.05, 4.69) is 0 Å². The van der Waals surface area contributed by atoms with Gasteiger partial charge >= 0.3 is 0 Å². The van der Waals surface area contributed by atoms with E-state index in [-0.39, 0.29) is 10.5 Å². The summed E-state index contributed by atoms with van der Waals surface area (Å²) in [6.07, 6.45) is 0.735. The maximum atomic E-state index is 11.0. The highest BCUT2D eigenvalue weighted by Crippen LogP contribution is 2.20. The Morgan fingerprint density at radius 1 is 1.22 bits per heavy atom. The first-order chi connectivity index (χ1) is 8.24.